The quantitative estimate of drug-likeness (QED) is 0.595. The largest absolute Gasteiger partial charge is 0.356 e. The molecule has 0 N–H and O–H groups in total. The van der Waals surface area contributed by atoms with Crippen LogP contribution >= 0.6 is 0 Å². The number of pyridine rings is 1. The minimum atomic E-state index is -0.346. The molecule has 2 heterocycles. The van der Waals surface area contributed by atoms with Crippen molar-refractivity contribution in [1.82, 2.24) is 4.98 Å². The van der Waals surface area contributed by atoms with Gasteiger partial charge in [0.05, 0.1) is 0 Å². The van der Waals surface area contributed by atoms with Crippen LogP contribution in [0.2, 0.25) is 0 Å². The fraction of sp³-hybridized carbons (Fsp3) is 0.143. The second kappa shape index (κ2) is 4.11. The molecular weight excluding hydrogens is 214 g/mol. The average molecular weight is 225 g/mol. The molecule has 3 heteroatoms. The number of ketones is 1. The molecule has 1 aliphatic rings. The van der Waals surface area contributed by atoms with E-state index in [1.807, 2.05) is 42.5 Å². The van der Waals surface area contributed by atoms with E-state index < -0.39 is 0 Å². The molecule has 3 rings (SSSR count). The van der Waals surface area contributed by atoms with Gasteiger partial charge in [0.2, 0.25) is 0 Å². The van der Waals surface area contributed by atoms with Gasteiger partial charge in [-0.1, -0.05) is 36.4 Å². The molecule has 17 heavy (non-hydrogen) atoms. The van der Waals surface area contributed by atoms with Gasteiger partial charge >= 0.3 is 0 Å². The highest BCUT2D eigenvalue weighted by Crippen LogP contribution is 2.40. The number of hydrogen-bond acceptors (Lipinski definition) is 3. The highest BCUT2D eigenvalue weighted by atomic mass is 16.6. The van der Waals surface area contributed by atoms with Gasteiger partial charge in [-0.15, -0.1) is 0 Å². The summed E-state index contributed by atoms with van der Waals surface area (Å²) in [4.78, 5) is 16.1. The zero-order valence-electron chi connectivity index (χ0n) is 9.11. The maximum Gasteiger partial charge on any atom is 0.194 e. The van der Waals surface area contributed by atoms with E-state index in [1.165, 1.54) is 0 Å². The van der Waals surface area contributed by atoms with E-state index >= 15 is 0 Å². The molecule has 0 bridgehead atoms. The minimum absolute atomic E-state index is 0.0412. The molecule has 0 unspecified atom stereocenters. The van der Waals surface area contributed by atoms with E-state index in [4.69, 9.17) is 4.74 Å². The number of carbonyl (C=O) groups excluding carboxylic acids is 1. The van der Waals surface area contributed by atoms with Gasteiger partial charge in [-0.2, -0.15) is 0 Å². The Balaban J connectivity index is 1.76. The molecule has 1 saturated heterocycles. The van der Waals surface area contributed by atoms with Crippen LogP contribution in [0.25, 0.3) is 0 Å². The molecular formula is C14H11NO2. The van der Waals surface area contributed by atoms with Crippen LogP contribution in [0, 0.1) is 0 Å². The van der Waals surface area contributed by atoms with Crippen molar-refractivity contribution in [3.05, 3.63) is 66.0 Å². The van der Waals surface area contributed by atoms with Crippen LogP contribution in [0.1, 0.15) is 22.0 Å². The van der Waals surface area contributed by atoms with Crippen molar-refractivity contribution in [2.75, 3.05) is 0 Å². The second-order valence-corrected chi connectivity index (χ2v) is 3.99. The standard InChI is InChI=1S/C14H11NO2/c16-12(10-5-2-1-3-6-10)14-13(17-14)11-7-4-8-15-9-11/h1-9,13-14H/t13-,14-/m0/s1. The van der Waals surface area contributed by atoms with Crippen molar-refractivity contribution in [2.24, 2.45) is 0 Å². The highest BCUT2D eigenvalue weighted by Gasteiger charge is 2.46. The first-order chi connectivity index (χ1) is 8.36. The predicted molar refractivity (Wildman–Crippen MR) is 62.6 cm³/mol. The second-order valence-electron chi connectivity index (χ2n) is 3.99. The van der Waals surface area contributed by atoms with E-state index in [0.717, 1.165) is 5.56 Å². The van der Waals surface area contributed by atoms with Crippen molar-refractivity contribution in [3.8, 4) is 0 Å². The first-order valence-corrected chi connectivity index (χ1v) is 5.51. The fourth-order valence-corrected chi connectivity index (χ4v) is 1.88. The summed E-state index contributed by atoms with van der Waals surface area (Å²) in [5.41, 5.74) is 1.66. The van der Waals surface area contributed by atoms with Gasteiger partial charge < -0.3 is 4.74 Å². The maximum absolute atomic E-state index is 12.0. The van der Waals surface area contributed by atoms with Gasteiger partial charge in [-0.3, -0.25) is 9.78 Å². The van der Waals surface area contributed by atoms with Crippen LogP contribution in [0.4, 0.5) is 0 Å². The van der Waals surface area contributed by atoms with Crippen LogP contribution in [-0.4, -0.2) is 16.9 Å². The summed E-state index contributed by atoms with van der Waals surface area (Å²) in [6.07, 6.45) is 2.97. The number of rotatable bonds is 3. The number of Topliss-reactive ketones (excluding diaryl/α,β-unsaturated/α-hetero) is 1. The molecule has 3 nitrogen and oxygen atoms in total. The number of aromatic nitrogens is 1. The van der Waals surface area contributed by atoms with Gasteiger partial charge in [0, 0.05) is 23.5 Å². The summed E-state index contributed by atoms with van der Waals surface area (Å²) < 4.78 is 5.43. The lowest BCUT2D eigenvalue weighted by molar-refractivity contribution is 0.0953. The Bertz CT molecular complexity index is 524. The third kappa shape index (κ3) is 1.97. The number of ether oxygens (including phenoxy) is 1. The average Bonchev–Trinajstić information content (AvgIpc) is 3.20. The summed E-state index contributed by atoms with van der Waals surface area (Å²) in [6, 6.07) is 13.0. The molecule has 0 saturated carbocycles. The smallest absolute Gasteiger partial charge is 0.194 e. The molecule has 0 radical (unpaired) electrons. The van der Waals surface area contributed by atoms with E-state index in [9.17, 15) is 4.79 Å². The third-order valence-electron chi connectivity index (χ3n) is 2.82. The van der Waals surface area contributed by atoms with Gasteiger partial charge in [-0.05, 0) is 6.07 Å². The van der Waals surface area contributed by atoms with Crippen molar-refractivity contribution >= 4 is 5.78 Å². The Morgan fingerprint density at radius 2 is 1.94 bits per heavy atom. The Morgan fingerprint density at radius 1 is 1.12 bits per heavy atom. The molecule has 1 aromatic heterocycles. The summed E-state index contributed by atoms with van der Waals surface area (Å²) in [6.45, 7) is 0. The maximum atomic E-state index is 12.0. The highest BCUT2D eigenvalue weighted by molar-refractivity contribution is 6.01. The first-order valence-electron chi connectivity index (χ1n) is 5.51. The van der Waals surface area contributed by atoms with Crippen LogP contribution in [0.3, 0.4) is 0 Å². The van der Waals surface area contributed by atoms with Gasteiger partial charge in [0.25, 0.3) is 0 Å². The minimum Gasteiger partial charge on any atom is -0.356 e. The first kappa shape index (κ1) is 10.2. The van der Waals surface area contributed by atoms with E-state index in [-0.39, 0.29) is 18.0 Å². The number of nitrogens with zero attached hydrogens (tertiary/aromatic N) is 1. The summed E-state index contributed by atoms with van der Waals surface area (Å²) >= 11 is 0. The molecule has 84 valence electrons. The van der Waals surface area contributed by atoms with E-state index in [2.05, 4.69) is 4.98 Å². The number of hydrogen-bond donors (Lipinski definition) is 0. The summed E-state index contributed by atoms with van der Waals surface area (Å²) in [5.74, 6) is 0.0412. The zero-order chi connectivity index (χ0) is 11.7. The molecule has 2 aromatic rings. The number of carbonyl (C=O) groups is 1. The van der Waals surface area contributed by atoms with Crippen LogP contribution in [0.15, 0.2) is 54.9 Å². The predicted octanol–water partition coefficient (Wildman–Crippen LogP) is 2.40. The van der Waals surface area contributed by atoms with Gasteiger partial charge in [0.15, 0.2) is 11.9 Å². The third-order valence-corrected chi connectivity index (χ3v) is 2.82. The lowest BCUT2D eigenvalue weighted by Gasteiger charge is -1.96. The SMILES string of the molecule is O=C(c1ccccc1)[C@@H]1O[C@H]1c1cccnc1. The summed E-state index contributed by atoms with van der Waals surface area (Å²) in [5, 5.41) is 0. The van der Waals surface area contributed by atoms with Crippen LogP contribution < -0.4 is 0 Å². The Kier molecular flexibility index (Phi) is 2.46. The summed E-state index contributed by atoms with van der Waals surface area (Å²) in [7, 11) is 0. The fourth-order valence-electron chi connectivity index (χ4n) is 1.88. The lowest BCUT2D eigenvalue weighted by atomic mass is 10.0. The Labute approximate surface area is 99.1 Å². The topological polar surface area (TPSA) is 42.5 Å². The molecule has 0 amide bonds. The Hall–Kier alpha value is -2.00. The molecule has 1 aromatic carbocycles. The molecule has 2 atom stereocenters. The van der Waals surface area contributed by atoms with Crippen molar-refractivity contribution < 1.29 is 9.53 Å². The normalized spacial score (nSPS) is 22.1. The van der Waals surface area contributed by atoms with Gasteiger partial charge in [-0.25, -0.2) is 0 Å². The molecule has 1 fully saturated rings. The van der Waals surface area contributed by atoms with Crippen molar-refractivity contribution in [3.63, 3.8) is 0 Å². The molecule has 1 aliphatic heterocycles. The zero-order valence-corrected chi connectivity index (χ0v) is 9.11. The number of benzene rings is 1. The molecule has 0 aliphatic carbocycles. The van der Waals surface area contributed by atoms with Crippen LogP contribution in [-0.2, 0) is 4.74 Å². The number of epoxide rings is 1. The molecule has 0 spiro atoms. The van der Waals surface area contributed by atoms with Crippen LogP contribution in [0.5, 0.6) is 0 Å². The van der Waals surface area contributed by atoms with Crippen molar-refractivity contribution in [2.45, 2.75) is 12.2 Å². The monoisotopic (exact) mass is 225 g/mol. The van der Waals surface area contributed by atoms with Gasteiger partial charge in [0.1, 0.15) is 6.10 Å². The Morgan fingerprint density at radius 3 is 2.65 bits per heavy atom. The van der Waals surface area contributed by atoms with E-state index in [0.29, 0.717) is 5.56 Å². The van der Waals surface area contributed by atoms with Crippen molar-refractivity contribution in [1.29, 1.82) is 0 Å². The lowest BCUT2D eigenvalue weighted by Crippen LogP contribution is -2.07. The van der Waals surface area contributed by atoms with E-state index in [1.54, 1.807) is 12.4 Å².